The molecule has 1 atom stereocenters. The van der Waals surface area contributed by atoms with Crippen molar-refractivity contribution in [3.8, 4) is 6.07 Å². The second kappa shape index (κ2) is 7.18. The van der Waals surface area contributed by atoms with Gasteiger partial charge in [0.15, 0.2) is 0 Å². The number of rotatable bonds is 3. The fourth-order valence-electron chi connectivity index (χ4n) is 4.09. The summed E-state index contributed by atoms with van der Waals surface area (Å²) in [4.78, 5) is 9.07. The molecule has 26 heavy (non-hydrogen) atoms. The molecule has 1 aromatic heterocycles. The molecule has 2 saturated heterocycles. The molecule has 0 amide bonds. The summed E-state index contributed by atoms with van der Waals surface area (Å²) >= 11 is 0. The second-order valence-electron chi connectivity index (χ2n) is 7.27. The molecule has 136 valence electrons. The first kappa shape index (κ1) is 17.2. The number of benzene rings is 1. The smallest absolute Gasteiger partial charge is 0.124 e. The monoisotopic (exact) mass is 354 g/mol. The van der Waals surface area contributed by atoms with Crippen molar-refractivity contribution >= 4 is 16.6 Å². The lowest BCUT2D eigenvalue weighted by atomic mass is 10.0. The lowest BCUT2D eigenvalue weighted by Crippen LogP contribution is -2.48. The van der Waals surface area contributed by atoms with E-state index in [0.29, 0.717) is 11.5 Å². The maximum absolute atomic E-state index is 14.0. The molecule has 0 aliphatic carbocycles. The fourth-order valence-corrected chi connectivity index (χ4v) is 4.09. The molecular formula is C20H23FN4O. The minimum Gasteiger partial charge on any atom is -0.381 e. The van der Waals surface area contributed by atoms with E-state index in [4.69, 9.17) is 4.74 Å². The molecule has 0 spiro atoms. The highest BCUT2D eigenvalue weighted by Gasteiger charge is 2.25. The van der Waals surface area contributed by atoms with Crippen LogP contribution >= 0.6 is 0 Å². The van der Waals surface area contributed by atoms with Gasteiger partial charge in [-0.3, -0.25) is 9.88 Å². The third kappa shape index (κ3) is 3.25. The number of pyridine rings is 1. The number of aryl methyl sites for hydroxylation is 1. The SMILES string of the molecule is Cc1cc(F)cc2c(N3CCN(CC4CCOC4)CC3)c(C#N)cnc12. The van der Waals surface area contributed by atoms with Crippen molar-refractivity contribution in [1.29, 1.82) is 5.26 Å². The van der Waals surface area contributed by atoms with Gasteiger partial charge in [-0.1, -0.05) is 0 Å². The van der Waals surface area contributed by atoms with Gasteiger partial charge in [-0.05, 0) is 37.0 Å². The van der Waals surface area contributed by atoms with Crippen molar-refractivity contribution in [1.82, 2.24) is 9.88 Å². The van der Waals surface area contributed by atoms with E-state index >= 15 is 0 Å². The van der Waals surface area contributed by atoms with Gasteiger partial charge in [0.2, 0.25) is 0 Å². The minimum atomic E-state index is -0.284. The van der Waals surface area contributed by atoms with Gasteiger partial charge in [-0.25, -0.2) is 4.39 Å². The Kier molecular flexibility index (Phi) is 4.75. The van der Waals surface area contributed by atoms with Crippen LogP contribution in [0.1, 0.15) is 17.5 Å². The number of hydrogen-bond donors (Lipinski definition) is 0. The van der Waals surface area contributed by atoms with Crippen molar-refractivity contribution in [3.63, 3.8) is 0 Å². The Hall–Kier alpha value is -2.23. The van der Waals surface area contributed by atoms with Gasteiger partial charge < -0.3 is 9.64 Å². The quantitative estimate of drug-likeness (QED) is 0.848. The Morgan fingerprint density at radius 1 is 1.31 bits per heavy atom. The number of halogens is 1. The van der Waals surface area contributed by atoms with Crippen molar-refractivity contribution in [2.24, 2.45) is 5.92 Å². The number of ether oxygens (including phenoxy) is 1. The average molecular weight is 354 g/mol. The molecule has 0 bridgehead atoms. The van der Waals surface area contributed by atoms with Crippen molar-refractivity contribution in [2.75, 3.05) is 50.8 Å². The standard InChI is InChI=1S/C20H23FN4O/c1-14-8-17(21)9-18-19(14)23-11-16(10-22)20(18)25-5-3-24(4-6-25)12-15-2-7-26-13-15/h8-9,11,15H,2-7,12-13H2,1H3. The highest BCUT2D eigenvalue weighted by molar-refractivity contribution is 5.96. The minimum absolute atomic E-state index is 0.284. The molecule has 0 saturated carbocycles. The zero-order chi connectivity index (χ0) is 18.1. The van der Waals surface area contributed by atoms with Crippen molar-refractivity contribution < 1.29 is 9.13 Å². The van der Waals surface area contributed by atoms with Gasteiger partial charge in [0.25, 0.3) is 0 Å². The van der Waals surface area contributed by atoms with Crippen LogP contribution in [0, 0.1) is 30.0 Å². The van der Waals surface area contributed by atoms with Crippen LogP contribution in [-0.2, 0) is 4.74 Å². The lowest BCUT2D eigenvalue weighted by molar-refractivity contribution is 0.164. The summed E-state index contributed by atoms with van der Waals surface area (Å²) < 4.78 is 19.5. The van der Waals surface area contributed by atoms with E-state index in [1.807, 2.05) is 6.92 Å². The lowest BCUT2D eigenvalue weighted by Gasteiger charge is -2.37. The van der Waals surface area contributed by atoms with Crippen LogP contribution in [0.4, 0.5) is 10.1 Å². The second-order valence-corrected chi connectivity index (χ2v) is 7.27. The van der Waals surface area contributed by atoms with Gasteiger partial charge in [0.1, 0.15) is 11.9 Å². The predicted molar refractivity (Wildman–Crippen MR) is 98.7 cm³/mol. The average Bonchev–Trinajstić information content (AvgIpc) is 3.14. The zero-order valence-electron chi connectivity index (χ0n) is 15.0. The first-order valence-corrected chi connectivity index (χ1v) is 9.19. The number of nitrogens with zero attached hydrogens (tertiary/aromatic N) is 4. The Labute approximate surface area is 153 Å². The van der Waals surface area contributed by atoms with E-state index in [0.717, 1.165) is 74.5 Å². The molecule has 1 aromatic carbocycles. The van der Waals surface area contributed by atoms with Gasteiger partial charge >= 0.3 is 0 Å². The molecule has 0 N–H and O–H groups in total. The highest BCUT2D eigenvalue weighted by Crippen LogP contribution is 2.32. The molecule has 2 aliphatic rings. The van der Waals surface area contributed by atoms with Crippen LogP contribution < -0.4 is 4.90 Å². The Balaban J connectivity index is 1.59. The van der Waals surface area contributed by atoms with Gasteiger partial charge in [0.05, 0.1) is 23.4 Å². The summed E-state index contributed by atoms with van der Waals surface area (Å²) in [6, 6.07) is 5.24. The van der Waals surface area contributed by atoms with Crippen molar-refractivity contribution in [2.45, 2.75) is 13.3 Å². The van der Waals surface area contributed by atoms with Crippen LogP contribution in [0.2, 0.25) is 0 Å². The number of fused-ring (bicyclic) bond motifs is 1. The molecule has 6 heteroatoms. The molecule has 0 radical (unpaired) electrons. The third-order valence-corrected chi connectivity index (χ3v) is 5.45. The van der Waals surface area contributed by atoms with Gasteiger partial charge in [-0.2, -0.15) is 5.26 Å². The van der Waals surface area contributed by atoms with Gasteiger partial charge in [-0.15, -0.1) is 0 Å². The molecule has 2 fully saturated rings. The summed E-state index contributed by atoms with van der Waals surface area (Å²) in [5.74, 6) is 0.350. The molecule has 2 aromatic rings. The summed E-state index contributed by atoms with van der Waals surface area (Å²) in [5.41, 5.74) is 2.90. The van der Waals surface area contributed by atoms with E-state index in [9.17, 15) is 9.65 Å². The first-order chi connectivity index (χ1) is 12.7. The number of anilines is 1. The van der Waals surface area contributed by atoms with E-state index in [-0.39, 0.29) is 5.82 Å². The number of hydrogen-bond acceptors (Lipinski definition) is 5. The summed E-state index contributed by atoms with van der Waals surface area (Å²) in [5, 5.41) is 10.3. The van der Waals surface area contributed by atoms with E-state index in [1.165, 1.54) is 12.1 Å². The largest absolute Gasteiger partial charge is 0.381 e. The first-order valence-electron chi connectivity index (χ1n) is 9.19. The third-order valence-electron chi connectivity index (χ3n) is 5.45. The Morgan fingerprint density at radius 2 is 2.12 bits per heavy atom. The van der Waals surface area contributed by atoms with E-state index in [2.05, 4.69) is 20.9 Å². The molecular weight excluding hydrogens is 331 g/mol. The summed E-state index contributed by atoms with van der Waals surface area (Å²) in [6.07, 6.45) is 2.76. The van der Waals surface area contributed by atoms with Crippen LogP contribution in [-0.4, -0.2) is 55.8 Å². The van der Waals surface area contributed by atoms with Crippen LogP contribution in [0.25, 0.3) is 10.9 Å². The molecule has 1 unspecified atom stereocenters. The van der Waals surface area contributed by atoms with E-state index < -0.39 is 0 Å². The van der Waals surface area contributed by atoms with Crippen LogP contribution in [0.5, 0.6) is 0 Å². The van der Waals surface area contributed by atoms with Crippen LogP contribution in [0.3, 0.4) is 0 Å². The molecule has 2 aliphatic heterocycles. The topological polar surface area (TPSA) is 52.4 Å². The number of piperazine rings is 1. The normalized spacial score (nSPS) is 21.3. The van der Waals surface area contributed by atoms with Gasteiger partial charge in [0, 0.05) is 50.9 Å². The Morgan fingerprint density at radius 3 is 2.81 bits per heavy atom. The molecule has 3 heterocycles. The maximum atomic E-state index is 14.0. The summed E-state index contributed by atoms with van der Waals surface area (Å²) in [7, 11) is 0. The van der Waals surface area contributed by atoms with Crippen molar-refractivity contribution in [3.05, 3.63) is 35.3 Å². The molecule has 5 nitrogen and oxygen atoms in total. The zero-order valence-corrected chi connectivity index (χ0v) is 15.0. The van der Waals surface area contributed by atoms with Crippen LogP contribution in [0.15, 0.2) is 18.3 Å². The molecule has 4 rings (SSSR count). The maximum Gasteiger partial charge on any atom is 0.124 e. The Bertz CT molecular complexity index is 849. The number of nitriles is 1. The predicted octanol–water partition coefficient (Wildman–Crippen LogP) is 2.71. The number of aromatic nitrogens is 1. The van der Waals surface area contributed by atoms with E-state index in [1.54, 1.807) is 6.20 Å². The fraction of sp³-hybridized carbons (Fsp3) is 0.500. The summed E-state index contributed by atoms with van der Waals surface area (Å²) in [6.45, 7) is 8.23. The highest BCUT2D eigenvalue weighted by atomic mass is 19.1.